The highest BCUT2D eigenvalue weighted by atomic mass is 19.1. The van der Waals surface area contributed by atoms with E-state index in [4.69, 9.17) is 5.73 Å². The first-order chi connectivity index (χ1) is 9.70. The Morgan fingerprint density at radius 3 is 3.00 bits per heavy atom. The highest BCUT2D eigenvalue weighted by Gasteiger charge is 2.10. The van der Waals surface area contributed by atoms with Crippen LogP contribution in [-0.4, -0.2) is 17.6 Å². The van der Waals surface area contributed by atoms with Crippen LogP contribution in [0.4, 0.5) is 4.39 Å². The van der Waals surface area contributed by atoms with Crippen LogP contribution in [0.5, 0.6) is 0 Å². The fraction of sp³-hybridized carbons (Fsp3) is 0.143. The van der Waals surface area contributed by atoms with Crippen molar-refractivity contribution in [1.82, 2.24) is 10.5 Å². The van der Waals surface area contributed by atoms with E-state index in [0.29, 0.717) is 11.1 Å². The van der Waals surface area contributed by atoms with Gasteiger partial charge in [-0.25, -0.2) is 4.39 Å². The van der Waals surface area contributed by atoms with Crippen molar-refractivity contribution in [2.24, 2.45) is 5.73 Å². The Labute approximate surface area is 114 Å². The molecular weight excluding hydrogens is 261 g/mol. The van der Waals surface area contributed by atoms with Gasteiger partial charge in [-0.05, 0) is 18.2 Å². The number of hydrogen-bond acceptors (Lipinski definition) is 4. The number of carbonyl (C=O) groups is 1. The molecule has 0 atom stereocenters. The maximum Gasteiger partial charge on any atom is 0.273 e. The number of nitrogens with two attached hydrogens (primary N) is 1. The molecule has 1 aromatic heterocycles. The summed E-state index contributed by atoms with van der Waals surface area (Å²) in [5, 5.41) is 6.04. The average molecular weight is 273 g/mol. The minimum absolute atomic E-state index is 0.0374. The number of nitrogens with zero attached hydrogens (tertiary/aromatic N) is 1. The Morgan fingerprint density at radius 1 is 1.45 bits per heavy atom. The molecule has 0 radical (unpaired) electrons. The second-order valence-corrected chi connectivity index (χ2v) is 3.88. The van der Waals surface area contributed by atoms with Gasteiger partial charge in [-0.2, -0.15) is 0 Å². The second-order valence-electron chi connectivity index (χ2n) is 3.88. The Bertz CT molecular complexity index is 657. The molecule has 6 heteroatoms. The molecule has 1 heterocycles. The number of carbonyl (C=O) groups excluding carboxylic acids is 1. The van der Waals surface area contributed by atoms with Crippen LogP contribution in [0.15, 0.2) is 35.1 Å². The van der Waals surface area contributed by atoms with Gasteiger partial charge in [-0.3, -0.25) is 4.79 Å². The van der Waals surface area contributed by atoms with E-state index in [9.17, 15) is 9.18 Å². The van der Waals surface area contributed by atoms with Crippen LogP contribution in [0.25, 0.3) is 0 Å². The molecule has 0 aliphatic heterocycles. The molecule has 102 valence electrons. The van der Waals surface area contributed by atoms with E-state index in [1.807, 2.05) is 0 Å². The quantitative estimate of drug-likeness (QED) is 0.819. The summed E-state index contributed by atoms with van der Waals surface area (Å²) < 4.78 is 18.2. The highest BCUT2D eigenvalue weighted by molar-refractivity contribution is 5.91. The monoisotopic (exact) mass is 273 g/mol. The lowest BCUT2D eigenvalue weighted by Crippen LogP contribution is -2.23. The number of nitrogens with one attached hydrogen (secondary N) is 1. The van der Waals surface area contributed by atoms with Gasteiger partial charge in [0.1, 0.15) is 12.1 Å². The third kappa shape index (κ3) is 3.43. The summed E-state index contributed by atoms with van der Waals surface area (Å²) in [5.41, 5.74) is 6.40. The van der Waals surface area contributed by atoms with Crippen LogP contribution >= 0.6 is 0 Å². The average Bonchev–Trinajstić information content (AvgIpc) is 2.99. The first-order valence-electron chi connectivity index (χ1n) is 5.86. The van der Waals surface area contributed by atoms with Crippen molar-refractivity contribution in [3.63, 3.8) is 0 Å². The number of amides is 1. The van der Waals surface area contributed by atoms with Crippen molar-refractivity contribution in [3.8, 4) is 11.8 Å². The summed E-state index contributed by atoms with van der Waals surface area (Å²) in [5.74, 6) is 4.64. The molecule has 2 aromatic rings. The Balaban J connectivity index is 2.07. The standard InChI is InChI=1S/C14H12FN3O2/c15-12-4-3-10(2-1-6-16)8-11(12)9-17-14(19)13-5-7-20-18-13/h3-5,7-8H,6,9,16H2,(H,17,19). The van der Waals surface area contributed by atoms with Crippen molar-refractivity contribution in [3.05, 3.63) is 53.2 Å². The number of benzene rings is 1. The smallest absolute Gasteiger partial charge is 0.273 e. The van der Waals surface area contributed by atoms with Crippen LogP contribution in [0, 0.1) is 17.7 Å². The fourth-order valence-corrected chi connectivity index (χ4v) is 1.54. The molecule has 0 unspecified atom stereocenters. The molecule has 0 bridgehead atoms. The molecule has 3 N–H and O–H groups in total. The van der Waals surface area contributed by atoms with Gasteiger partial charge in [-0.15, -0.1) is 0 Å². The second kappa shape index (κ2) is 6.50. The van der Waals surface area contributed by atoms with Gasteiger partial charge in [0.2, 0.25) is 0 Å². The lowest BCUT2D eigenvalue weighted by atomic mass is 10.1. The van der Waals surface area contributed by atoms with Crippen molar-refractivity contribution in [2.45, 2.75) is 6.54 Å². The first-order valence-corrected chi connectivity index (χ1v) is 5.86. The fourth-order valence-electron chi connectivity index (χ4n) is 1.54. The minimum Gasteiger partial charge on any atom is -0.364 e. The van der Waals surface area contributed by atoms with E-state index < -0.39 is 11.7 Å². The number of hydrogen-bond donors (Lipinski definition) is 2. The molecule has 0 aliphatic carbocycles. The molecule has 0 saturated carbocycles. The van der Waals surface area contributed by atoms with Crippen LogP contribution in [0.2, 0.25) is 0 Å². The van der Waals surface area contributed by atoms with Crippen LogP contribution < -0.4 is 11.1 Å². The summed E-state index contributed by atoms with van der Waals surface area (Å²) in [6.45, 7) is 0.269. The first kappa shape index (κ1) is 13.8. The van der Waals surface area contributed by atoms with Gasteiger partial charge in [0, 0.05) is 23.7 Å². The van der Waals surface area contributed by atoms with E-state index in [0.717, 1.165) is 0 Å². The molecule has 2 rings (SSSR count). The van der Waals surface area contributed by atoms with Crippen molar-refractivity contribution < 1.29 is 13.7 Å². The van der Waals surface area contributed by atoms with E-state index in [2.05, 4.69) is 26.8 Å². The SMILES string of the molecule is NCC#Cc1ccc(F)c(CNC(=O)c2ccon2)c1. The highest BCUT2D eigenvalue weighted by Crippen LogP contribution is 2.10. The van der Waals surface area contributed by atoms with Gasteiger partial charge in [0.25, 0.3) is 5.91 Å². The van der Waals surface area contributed by atoms with Gasteiger partial charge >= 0.3 is 0 Å². The molecule has 20 heavy (non-hydrogen) atoms. The number of rotatable bonds is 3. The van der Waals surface area contributed by atoms with Gasteiger partial charge in [-0.1, -0.05) is 17.0 Å². The largest absolute Gasteiger partial charge is 0.364 e. The number of halogens is 1. The normalized spacial score (nSPS) is 9.70. The van der Waals surface area contributed by atoms with E-state index in [1.54, 1.807) is 12.1 Å². The summed E-state index contributed by atoms with van der Waals surface area (Å²) in [4.78, 5) is 11.6. The molecular formula is C14H12FN3O2. The summed E-state index contributed by atoms with van der Waals surface area (Å²) >= 11 is 0. The zero-order valence-electron chi connectivity index (χ0n) is 10.5. The van der Waals surface area contributed by atoms with E-state index >= 15 is 0 Å². The minimum atomic E-state index is -0.434. The van der Waals surface area contributed by atoms with Crippen molar-refractivity contribution in [1.29, 1.82) is 0 Å². The van der Waals surface area contributed by atoms with E-state index in [-0.39, 0.29) is 18.8 Å². The van der Waals surface area contributed by atoms with Gasteiger partial charge < -0.3 is 15.6 Å². The molecule has 0 spiro atoms. The zero-order chi connectivity index (χ0) is 14.4. The van der Waals surface area contributed by atoms with Crippen molar-refractivity contribution >= 4 is 5.91 Å². The Kier molecular flexibility index (Phi) is 4.47. The third-order valence-electron chi connectivity index (χ3n) is 2.49. The molecule has 0 fully saturated rings. The van der Waals surface area contributed by atoms with Gasteiger partial charge in [0.05, 0.1) is 6.54 Å². The molecule has 5 nitrogen and oxygen atoms in total. The molecule has 0 aliphatic rings. The van der Waals surface area contributed by atoms with Crippen LogP contribution in [-0.2, 0) is 6.54 Å². The maximum atomic E-state index is 13.6. The Morgan fingerprint density at radius 2 is 2.30 bits per heavy atom. The predicted octanol–water partition coefficient (Wildman–Crippen LogP) is 1.05. The predicted molar refractivity (Wildman–Crippen MR) is 70.0 cm³/mol. The topological polar surface area (TPSA) is 81.1 Å². The molecule has 1 aromatic carbocycles. The third-order valence-corrected chi connectivity index (χ3v) is 2.49. The van der Waals surface area contributed by atoms with E-state index in [1.165, 1.54) is 18.4 Å². The van der Waals surface area contributed by atoms with Crippen LogP contribution in [0.1, 0.15) is 21.6 Å². The summed E-state index contributed by atoms with van der Waals surface area (Å²) in [6, 6.07) is 5.86. The lowest BCUT2D eigenvalue weighted by molar-refractivity contribution is 0.0941. The lowest BCUT2D eigenvalue weighted by Gasteiger charge is -2.05. The maximum absolute atomic E-state index is 13.6. The number of aromatic nitrogens is 1. The molecule has 1 amide bonds. The molecule has 0 saturated heterocycles. The Hall–Kier alpha value is -2.65. The van der Waals surface area contributed by atoms with Crippen molar-refractivity contribution in [2.75, 3.05) is 6.54 Å². The summed E-state index contributed by atoms with van der Waals surface area (Å²) in [7, 11) is 0. The zero-order valence-corrected chi connectivity index (χ0v) is 10.5. The van der Waals surface area contributed by atoms with Gasteiger partial charge in [0.15, 0.2) is 5.69 Å². The van der Waals surface area contributed by atoms with Crippen LogP contribution in [0.3, 0.4) is 0 Å². The summed E-state index contributed by atoms with van der Waals surface area (Å²) in [6.07, 6.45) is 1.29.